The molecule has 128 valence electrons. The zero-order chi connectivity index (χ0) is 17.4. The Balaban J connectivity index is 2.87. The number of aromatic nitrogens is 2. The van der Waals surface area contributed by atoms with Gasteiger partial charge in [-0.3, -0.25) is 14.4 Å². The summed E-state index contributed by atoms with van der Waals surface area (Å²) in [4.78, 5) is 36.4. The minimum absolute atomic E-state index is 0.0742. The summed E-state index contributed by atoms with van der Waals surface area (Å²) < 4.78 is 6.32. The van der Waals surface area contributed by atoms with E-state index in [1.165, 1.54) is 24.1 Å². The smallest absolute Gasteiger partial charge is 0.308 e. The van der Waals surface area contributed by atoms with E-state index in [0.717, 1.165) is 4.68 Å². The molecule has 8 nitrogen and oxygen atoms in total. The minimum Gasteiger partial charge on any atom is -0.481 e. The van der Waals surface area contributed by atoms with Gasteiger partial charge in [0.15, 0.2) is 0 Å². The maximum absolute atomic E-state index is 12.5. The summed E-state index contributed by atoms with van der Waals surface area (Å²) in [6.45, 7) is 4.93. The van der Waals surface area contributed by atoms with Crippen molar-refractivity contribution in [3.8, 4) is 0 Å². The van der Waals surface area contributed by atoms with Crippen LogP contribution in [0.2, 0.25) is 0 Å². The maximum atomic E-state index is 12.5. The molecular formula is C15H23N3O5. The third kappa shape index (κ3) is 5.82. The maximum Gasteiger partial charge on any atom is 0.308 e. The molecule has 0 aromatic carbocycles. The monoisotopic (exact) mass is 325 g/mol. The average molecular weight is 325 g/mol. The molecule has 0 aliphatic rings. The summed E-state index contributed by atoms with van der Waals surface area (Å²) in [6, 6.07) is 2.62. The molecule has 1 aromatic heterocycles. The number of aliphatic carboxylic acids is 1. The largest absolute Gasteiger partial charge is 0.481 e. The van der Waals surface area contributed by atoms with Crippen molar-refractivity contribution in [3.05, 3.63) is 28.2 Å². The van der Waals surface area contributed by atoms with Crippen LogP contribution in [0.25, 0.3) is 0 Å². The lowest BCUT2D eigenvalue weighted by Gasteiger charge is -2.24. The number of nitrogens with zero attached hydrogens (tertiary/aromatic N) is 3. The van der Waals surface area contributed by atoms with E-state index in [4.69, 9.17) is 9.84 Å². The Morgan fingerprint density at radius 1 is 1.43 bits per heavy atom. The first kappa shape index (κ1) is 18.8. The van der Waals surface area contributed by atoms with Crippen molar-refractivity contribution < 1.29 is 19.4 Å². The van der Waals surface area contributed by atoms with Gasteiger partial charge in [-0.15, -0.1) is 0 Å². The lowest BCUT2D eigenvalue weighted by atomic mass is 10.1. The van der Waals surface area contributed by atoms with Gasteiger partial charge >= 0.3 is 5.97 Å². The highest BCUT2D eigenvalue weighted by molar-refractivity contribution is 5.92. The first-order valence-corrected chi connectivity index (χ1v) is 7.51. The Morgan fingerprint density at radius 2 is 2.13 bits per heavy atom. The van der Waals surface area contributed by atoms with Gasteiger partial charge in [0.05, 0.1) is 5.92 Å². The molecule has 0 bridgehead atoms. The molecule has 1 N–H and O–H groups in total. The van der Waals surface area contributed by atoms with Gasteiger partial charge in [0, 0.05) is 39.4 Å². The molecular weight excluding hydrogens is 302 g/mol. The molecule has 1 heterocycles. The number of rotatable bonds is 9. The van der Waals surface area contributed by atoms with Gasteiger partial charge in [-0.2, -0.15) is 5.10 Å². The molecule has 0 aliphatic carbocycles. The molecule has 8 heteroatoms. The highest BCUT2D eigenvalue weighted by Crippen LogP contribution is 2.07. The van der Waals surface area contributed by atoms with Gasteiger partial charge in [-0.05, 0) is 19.4 Å². The van der Waals surface area contributed by atoms with Crippen molar-refractivity contribution in [2.75, 3.05) is 26.3 Å². The summed E-state index contributed by atoms with van der Waals surface area (Å²) in [5.41, 5.74) is -0.204. The number of carbonyl (C=O) groups excluding carboxylic acids is 1. The van der Waals surface area contributed by atoms with Gasteiger partial charge in [-0.1, -0.05) is 6.92 Å². The molecule has 0 saturated heterocycles. The summed E-state index contributed by atoms with van der Waals surface area (Å²) in [5, 5.41) is 13.0. The van der Waals surface area contributed by atoms with E-state index in [1.54, 1.807) is 6.92 Å². The van der Waals surface area contributed by atoms with Crippen molar-refractivity contribution in [1.82, 2.24) is 14.7 Å². The molecule has 1 rings (SSSR count). The number of ether oxygens (including phenoxy) is 1. The van der Waals surface area contributed by atoms with E-state index >= 15 is 0 Å². The summed E-state index contributed by atoms with van der Waals surface area (Å²) in [6.07, 6.45) is 0.595. The third-order valence-electron chi connectivity index (χ3n) is 3.30. The quantitative estimate of drug-likeness (QED) is 0.658. The van der Waals surface area contributed by atoms with E-state index < -0.39 is 17.8 Å². The summed E-state index contributed by atoms with van der Waals surface area (Å²) in [5.74, 6) is -2.06. The number of carboxylic acid groups (broad SMARTS) is 1. The van der Waals surface area contributed by atoms with Crippen LogP contribution in [0.3, 0.4) is 0 Å². The van der Waals surface area contributed by atoms with Crippen molar-refractivity contribution in [3.63, 3.8) is 0 Å². The molecule has 1 atom stereocenters. The number of aryl methyl sites for hydroxylation is 1. The fourth-order valence-corrected chi connectivity index (χ4v) is 1.96. The average Bonchev–Trinajstić information content (AvgIpc) is 2.52. The number of carboxylic acids is 1. The second-order valence-electron chi connectivity index (χ2n) is 5.22. The van der Waals surface area contributed by atoms with Crippen LogP contribution < -0.4 is 5.56 Å². The normalized spacial score (nSPS) is 12.0. The SMILES string of the molecule is CCOCCCN(CC(C)C(=O)O)C(=O)c1ccc(=O)n(C)n1. The van der Waals surface area contributed by atoms with Crippen LogP contribution in [-0.2, 0) is 16.6 Å². The third-order valence-corrected chi connectivity index (χ3v) is 3.30. The van der Waals surface area contributed by atoms with E-state index in [0.29, 0.717) is 26.2 Å². The molecule has 0 fully saturated rings. The zero-order valence-corrected chi connectivity index (χ0v) is 13.7. The van der Waals surface area contributed by atoms with Crippen molar-refractivity contribution >= 4 is 11.9 Å². The van der Waals surface area contributed by atoms with E-state index in [2.05, 4.69) is 5.10 Å². The molecule has 0 saturated carbocycles. The first-order valence-electron chi connectivity index (χ1n) is 7.51. The van der Waals surface area contributed by atoms with Crippen molar-refractivity contribution in [1.29, 1.82) is 0 Å². The Morgan fingerprint density at radius 3 is 2.70 bits per heavy atom. The molecule has 1 amide bonds. The fraction of sp³-hybridized carbons (Fsp3) is 0.600. The second kappa shape index (κ2) is 9.04. The predicted molar refractivity (Wildman–Crippen MR) is 83.3 cm³/mol. The van der Waals surface area contributed by atoms with Crippen molar-refractivity contribution in [2.45, 2.75) is 20.3 Å². The van der Waals surface area contributed by atoms with Crippen LogP contribution in [0.1, 0.15) is 30.8 Å². The van der Waals surface area contributed by atoms with Gasteiger partial charge in [0.1, 0.15) is 5.69 Å². The van der Waals surface area contributed by atoms with Gasteiger partial charge in [0.25, 0.3) is 11.5 Å². The van der Waals surface area contributed by atoms with Crippen molar-refractivity contribution in [2.24, 2.45) is 13.0 Å². The summed E-state index contributed by atoms with van der Waals surface area (Å²) >= 11 is 0. The highest BCUT2D eigenvalue weighted by atomic mass is 16.5. The van der Waals surface area contributed by atoms with Crippen LogP contribution in [-0.4, -0.2) is 58.0 Å². The Labute approximate surface area is 134 Å². The Bertz CT molecular complexity index is 599. The molecule has 23 heavy (non-hydrogen) atoms. The highest BCUT2D eigenvalue weighted by Gasteiger charge is 2.22. The lowest BCUT2D eigenvalue weighted by Crippen LogP contribution is -2.39. The number of hydrogen-bond donors (Lipinski definition) is 1. The van der Waals surface area contributed by atoms with Crippen LogP contribution in [0.15, 0.2) is 16.9 Å². The van der Waals surface area contributed by atoms with Crippen LogP contribution in [0.5, 0.6) is 0 Å². The summed E-state index contributed by atoms with van der Waals surface area (Å²) in [7, 11) is 1.46. The van der Waals surface area contributed by atoms with Crippen LogP contribution >= 0.6 is 0 Å². The van der Waals surface area contributed by atoms with Gasteiger partial charge in [0.2, 0.25) is 0 Å². The van der Waals surface area contributed by atoms with Crippen LogP contribution in [0, 0.1) is 5.92 Å². The predicted octanol–water partition coefficient (Wildman–Crippen LogP) is 0.370. The molecule has 1 unspecified atom stereocenters. The zero-order valence-electron chi connectivity index (χ0n) is 13.7. The van der Waals surface area contributed by atoms with Gasteiger partial charge in [-0.25, -0.2) is 4.68 Å². The van der Waals surface area contributed by atoms with Crippen LogP contribution in [0.4, 0.5) is 0 Å². The molecule has 0 spiro atoms. The topological polar surface area (TPSA) is 102 Å². The second-order valence-corrected chi connectivity index (χ2v) is 5.22. The van der Waals surface area contributed by atoms with E-state index in [9.17, 15) is 14.4 Å². The first-order chi connectivity index (χ1) is 10.9. The number of carbonyl (C=O) groups is 2. The van der Waals surface area contributed by atoms with E-state index in [-0.39, 0.29) is 17.8 Å². The standard InChI is InChI=1S/C15H23N3O5/c1-4-23-9-5-8-18(10-11(2)15(21)22)14(20)12-6-7-13(19)17(3)16-12/h6-7,11H,4-5,8-10H2,1-3H3,(H,21,22). The minimum atomic E-state index is -0.971. The molecule has 1 aromatic rings. The molecule has 0 aliphatic heterocycles. The fourth-order valence-electron chi connectivity index (χ4n) is 1.96. The van der Waals surface area contributed by atoms with E-state index in [1.807, 2.05) is 6.92 Å². The van der Waals surface area contributed by atoms with Gasteiger partial charge < -0.3 is 14.7 Å². The lowest BCUT2D eigenvalue weighted by molar-refractivity contribution is -0.141. The number of amides is 1. The number of hydrogen-bond acceptors (Lipinski definition) is 5. The Kier molecular flexibility index (Phi) is 7.40. The Hall–Kier alpha value is -2.22. The molecule has 0 radical (unpaired) electrons.